The van der Waals surface area contributed by atoms with E-state index in [1.165, 1.54) is 5.56 Å². The van der Waals surface area contributed by atoms with Crippen molar-refractivity contribution in [3.63, 3.8) is 0 Å². The Bertz CT molecular complexity index is 620. The third kappa shape index (κ3) is 7.05. The van der Waals surface area contributed by atoms with E-state index in [0.717, 1.165) is 18.7 Å². The molecule has 1 aromatic carbocycles. The molecule has 1 aromatic rings. The number of rotatable bonds is 5. The Morgan fingerprint density at radius 1 is 1.35 bits per heavy atom. The molecule has 2 rings (SSSR count). The molecule has 0 aromatic heterocycles. The minimum Gasteiger partial charge on any atom is -0.370 e. The number of aryl methyl sites for hydroxylation is 1. The average Bonchev–Trinajstić information content (AvgIpc) is 2.49. The summed E-state index contributed by atoms with van der Waals surface area (Å²) in [6.07, 6.45) is 0.977. The van der Waals surface area contributed by atoms with Crippen molar-refractivity contribution in [3.8, 4) is 0 Å². The Balaban J connectivity index is 0.00000264. The van der Waals surface area contributed by atoms with Crippen molar-refractivity contribution < 1.29 is 8.42 Å². The molecule has 1 aliphatic rings. The summed E-state index contributed by atoms with van der Waals surface area (Å²) >= 11 is 0. The smallest absolute Gasteiger partial charge is 0.193 e. The molecule has 23 heavy (non-hydrogen) atoms. The molecule has 1 heterocycles. The number of nitrogens with one attached hydrogen (secondary N) is 1. The Labute approximate surface area is 155 Å². The van der Waals surface area contributed by atoms with E-state index in [4.69, 9.17) is 5.73 Å². The molecule has 0 atom stereocenters. The van der Waals surface area contributed by atoms with Crippen LogP contribution in [0.3, 0.4) is 0 Å². The van der Waals surface area contributed by atoms with Gasteiger partial charge in [-0.15, -0.1) is 24.0 Å². The van der Waals surface area contributed by atoms with Gasteiger partial charge in [-0.3, -0.25) is 9.89 Å². The lowest BCUT2D eigenvalue weighted by atomic mass is 10.1. The zero-order valence-corrected chi connectivity index (χ0v) is 16.5. The number of nitrogens with two attached hydrogens (primary N) is 1. The lowest BCUT2D eigenvalue weighted by Gasteiger charge is -2.25. The van der Waals surface area contributed by atoms with Gasteiger partial charge in [0.1, 0.15) is 0 Å². The molecular weight excluding hydrogens is 427 g/mol. The van der Waals surface area contributed by atoms with E-state index in [2.05, 4.69) is 34.3 Å². The summed E-state index contributed by atoms with van der Waals surface area (Å²) in [4.78, 5) is 6.40. The van der Waals surface area contributed by atoms with Crippen LogP contribution in [0, 0.1) is 0 Å². The summed E-state index contributed by atoms with van der Waals surface area (Å²) in [5, 5.41) is 3.08. The zero-order chi connectivity index (χ0) is 16.0. The van der Waals surface area contributed by atoms with Crippen LogP contribution in [0.4, 0.5) is 5.69 Å². The van der Waals surface area contributed by atoms with E-state index >= 15 is 0 Å². The molecule has 0 aliphatic carbocycles. The van der Waals surface area contributed by atoms with E-state index in [-0.39, 0.29) is 35.5 Å². The number of aliphatic imine (C=N–C) groups is 1. The van der Waals surface area contributed by atoms with Gasteiger partial charge in [-0.25, -0.2) is 8.42 Å². The van der Waals surface area contributed by atoms with Crippen LogP contribution in [0.2, 0.25) is 0 Å². The number of benzene rings is 1. The lowest BCUT2D eigenvalue weighted by molar-refractivity contribution is 0.304. The van der Waals surface area contributed by atoms with E-state index in [0.29, 0.717) is 25.6 Å². The van der Waals surface area contributed by atoms with Crippen LogP contribution in [0.15, 0.2) is 29.3 Å². The van der Waals surface area contributed by atoms with Crippen molar-refractivity contribution in [3.05, 3.63) is 29.8 Å². The van der Waals surface area contributed by atoms with Gasteiger partial charge in [0.2, 0.25) is 0 Å². The zero-order valence-electron chi connectivity index (χ0n) is 13.4. The highest BCUT2D eigenvalue weighted by Gasteiger charge is 2.20. The molecule has 0 saturated carbocycles. The molecule has 0 amide bonds. The predicted octanol–water partition coefficient (Wildman–Crippen LogP) is 1.32. The minimum atomic E-state index is -2.82. The van der Waals surface area contributed by atoms with Crippen LogP contribution in [0.25, 0.3) is 0 Å². The summed E-state index contributed by atoms with van der Waals surface area (Å²) in [6, 6.07) is 8.07. The molecule has 1 fully saturated rings. The Morgan fingerprint density at radius 3 is 2.70 bits per heavy atom. The van der Waals surface area contributed by atoms with E-state index in [9.17, 15) is 8.42 Å². The number of guanidine groups is 1. The molecule has 1 saturated heterocycles. The summed E-state index contributed by atoms with van der Waals surface area (Å²) in [5.41, 5.74) is 8.06. The number of halogens is 1. The van der Waals surface area contributed by atoms with Crippen LogP contribution in [-0.2, 0) is 16.3 Å². The van der Waals surface area contributed by atoms with Crippen molar-refractivity contribution in [2.45, 2.75) is 13.3 Å². The quantitative estimate of drug-likeness (QED) is 0.400. The fourth-order valence-electron chi connectivity index (χ4n) is 2.34. The highest BCUT2D eigenvalue weighted by molar-refractivity contribution is 14.0. The van der Waals surface area contributed by atoms with Crippen molar-refractivity contribution in [2.24, 2.45) is 10.7 Å². The largest absolute Gasteiger partial charge is 0.370 e. The third-order valence-corrected chi connectivity index (χ3v) is 5.35. The Morgan fingerprint density at radius 2 is 2.04 bits per heavy atom. The van der Waals surface area contributed by atoms with E-state index in [1.807, 2.05) is 12.1 Å². The number of sulfone groups is 1. The van der Waals surface area contributed by atoms with Crippen LogP contribution in [-0.4, -0.2) is 57.0 Å². The first kappa shape index (κ1) is 20.2. The van der Waals surface area contributed by atoms with Crippen molar-refractivity contribution in [1.29, 1.82) is 0 Å². The van der Waals surface area contributed by atoms with Crippen LogP contribution in [0.5, 0.6) is 0 Å². The first-order valence-corrected chi connectivity index (χ1v) is 9.39. The fraction of sp³-hybridized carbons (Fsp3) is 0.533. The standard InChI is InChI=1S/C15H24N4O2S.HI/c1-2-13-4-3-5-14(12-13)18-15(16)17-6-7-19-8-10-22(20,21)11-9-19;/h3-5,12H,2,6-11H2,1H3,(H3,16,17,18);1H. The van der Waals surface area contributed by atoms with E-state index in [1.54, 1.807) is 0 Å². The second kappa shape index (κ2) is 9.43. The summed E-state index contributed by atoms with van der Waals surface area (Å²) < 4.78 is 22.7. The minimum absolute atomic E-state index is 0. The van der Waals surface area contributed by atoms with Crippen molar-refractivity contribution in [2.75, 3.05) is 43.0 Å². The number of anilines is 1. The molecule has 0 unspecified atom stereocenters. The molecular formula is C15H25IN4O2S. The van der Waals surface area contributed by atoms with Gasteiger partial charge in [0.25, 0.3) is 0 Å². The Hall–Kier alpha value is -0.870. The molecule has 0 radical (unpaired) electrons. The van der Waals surface area contributed by atoms with Gasteiger partial charge in [0.15, 0.2) is 15.8 Å². The third-order valence-electron chi connectivity index (χ3n) is 3.74. The summed E-state index contributed by atoms with van der Waals surface area (Å²) in [6.45, 7) is 4.57. The van der Waals surface area contributed by atoms with Gasteiger partial charge >= 0.3 is 0 Å². The second-order valence-corrected chi connectivity index (χ2v) is 7.74. The van der Waals surface area contributed by atoms with Crippen LogP contribution >= 0.6 is 24.0 Å². The Kier molecular flexibility index (Phi) is 8.27. The highest BCUT2D eigenvalue weighted by atomic mass is 127. The maximum Gasteiger partial charge on any atom is 0.193 e. The molecule has 0 bridgehead atoms. The van der Waals surface area contributed by atoms with Crippen LogP contribution in [0.1, 0.15) is 12.5 Å². The van der Waals surface area contributed by atoms with Gasteiger partial charge in [-0.05, 0) is 24.1 Å². The highest BCUT2D eigenvalue weighted by Crippen LogP contribution is 2.10. The van der Waals surface area contributed by atoms with E-state index < -0.39 is 9.84 Å². The summed E-state index contributed by atoms with van der Waals surface area (Å²) in [7, 11) is -2.82. The lowest BCUT2D eigenvalue weighted by Crippen LogP contribution is -2.41. The van der Waals surface area contributed by atoms with Gasteiger partial charge in [0, 0.05) is 25.3 Å². The van der Waals surface area contributed by atoms with Gasteiger partial charge < -0.3 is 11.1 Å². The number of hydrogen-bond acceptors (Lipinski definition) is 4. The number of nitrogens with zero attached hydrogens (tertiary/aromatic N) is 2. The van der Waals surface area contributed by atoms with Gasteiger partial charge in [0.05, 0.1) is 18.1 Å². The average molecular weight is 452 g/mol. The normalized spacial score (nSPS) is 18.2. The summed E-state index contributed by atoms with van der Waals surface area (Å²) in [5.74, 6) is 0.876. The monoisotopic (exact) mass is 452 g/mol. The maximum atomic E-state index is 11.3. The first-order chi connectivity index (χ1) is 10.5. The van der Waals surface area contributed by atoms with Gasteiger partial charge in [-0.2, -0.15) is 0 Å². The maximum absolute atomic E-state index is 11.3. The molecule has 1 aliphatic heterocycles. The molecule has 8 heteroatoms. The van der Waals surface area contributed by atoms with Gasteiger partial charge in [-0.1, -0.05) is 19.1 Å². The second-order valence-electron chi connectivity index (χ2n) is 5.44. The number of hydrogen-bond donors (Lipinski definition) is 2. The molecule has 6 nitrogen and oxygen atoms in total. The molecule has 3 N–H and O–H groups in total. The van der Waals surface area contributed by atoms with Crippen molar-refractivity contribution >= 4 is 45.5 Å². The molecule has 130 valence electrons. The topological polar surface area (TPSA) is 87.8 Å². The van der Waals surface area contributed by atoms with Crippen LogP contribution < -0.4 is 11.1 Å². The first-order valence-electron chi connectivity index (χ1n) is 7.57. The fourth-order valence-corrected chi connectivity index (χ4v) is 3.62. The molecule has 0 spiro atoms. The predicted molar refractivity (Wildman–Crippen MR) is 106 cm³/mol. The SMILES string of the molecule is CCc1cccc(NC(N)=NCCN2CCS(=O)(=O)CC2)c1.I. The van der Waals surface area contributed by atoms with Crippen molar-refractivity contribution in [1.82, 2.24) is 4.90 Å².